The van der Waals surface area contributed by atoms with E-state index in [9.17, 15) is 0 Å². The second-order valence-corrected chi connectivity index (χ2v) is 5.88. The first-order chi connectivity index (χ1) is 4.45. The van der Waals surface area contributed by atoms with Crippen molar-refractivity contribution < 1.29 is 0 Å². The Balaban J connectivity index is 0.000001000. The predicted octanol–water partition coefficient (Wildman–Crippen LogP) is 1.18. The van der Waals surface area contributed by atoms with E-state index in [4.69, 9.17) is 0 Å². The average molecular weight is 160 g/mol. The molecular formula is C9H17LiSi. The summed E-state index contributed by atoms with van der Waals surface area (Å²) < 4.78 is 0. The van der Waals surface area contributed by atoms with Crippen LogP contribution in [-0.4, -0.2) is 29.1 Å². The van der Waals surface area contributed by atoms with Gasteiger partial charge in [-0.3, -0.25) is 0 Å². The van der Waals surface area contributed by atoms with Crippen molar-refractivity contribution in [1.82, 2.24) is 0 Å². The third kappa shape index (κ3) is 1.90. The molecule has 11 heavy (non-hydrogen) atoms. The fourth-order valence-electron chi connectivity index (χ4n) is 1.54. The monoisotopic (exact) mass is 160 g/mol. The van der Waals surface area contributed by atoms with Crippen LogP contribution in [0.2, 0.25) is 5.04 Å². The van der Waals surface area contributed by atoms with E-state index < -0.39 is 0 Å². The number of allylic oxidation sites excluding steroid dienone is 4. The normalized spacial score (nSPS) is 30.4. The van der Waals surface area contributed by atoms with Gasteiger partial charge in [0, 0.05) is 10.2 Å². The minimum atomic E-state index is 0. The van der Waals surface area contributed by atoms with Crippen molar-refractivity contribution in [2.24, 2.45) is 0 Å². The Kier molecular flexibility index (Phi) is 3.44. The zero-order valence-electron chi connectivity index (χ0n) is 7.58. The van der Waals surface area contributed by atoms with Gasteiger partial charge in [0.2, 0.25) is 0 Å². The van der Waals surface area contributed by atoms with Gasteiger partial charge >= 0.3 is 18.9 Å². The molecule has 0 saturated carbocycles. The molecule has 0 bridgehead atoms. The van der Waals surface area contributed by atoms with Crippen molar-refractivity contribution in [3.8, 4) is 0 Å². The fraction of sp³-hybridized carbons (Fsp3) is 0.556. The Bertz CT molecular complexity index is 224. The molecule has 1 rings (SSSR count). The summed E-state index contributed by atoms with van der Waals surface area (Å²) in [5.41, 5.74) is 4.57. The fourth-order valence-corrected chi connectivity index (χ4v) is 2.34. The Labute approximate surface area is 84.7 Å². The topological polar surface area (TPSA) is 0 Å². The van der Waals surface area contributed by atoms with Gasteiger partial charge in [-0.2, -0.15) is 0 Å². The van der Waals surface area contributed by atoms with Gasteiger partial charge in [0.05, 0.1) is 0 Å². The molecule has 0 aliphatic heterocycles. The van der Waals surface area contributed by atoms with Crippen LogP contribution in [0.3, 0.4) is 0 Å². The first-order valence-corrected chi connectivity index (χ1v) is 4.83. The van der Waals surface area contributed by atoms with Gasteiger partial charge in [0.1, 0.15) is 0 Å². The standard InChI is InChI=1S/C9H16Si.Li.H/c1-6-5-9(4,10)8(3)7(6)2;;/h5H,1-4,10H3;;. The molecule has 1 aliphatic carbocycles. The third-order valence-corrected chi connectivity index (χ3v) is 3.74. The van der Waals surface area contributed by atoms with Crippen LogP contribution in [0.25, 0.3) is 0 Å². The molecular weight excluding hydrogens is 143 g/mol. The summed E-state index contributed by atoms with van der Waals surface area (Å²) in [5.74, 6) is 0. The number of rotatable bonds is 0. The van der Waals surface area contributed by atoms with Gasteiger partial charge in [-0.1, -0.05) is 24.1 Å². The molecule has 0 aromatic rings. The molecule has 1 aliphatic rings. The Morgan fingerprint density at radius 3 is 1.82 bits per heavy atom. The summed E-state index contributed by atoms with van der Waals surface area (Å²) in [6.45, 7) is 9.02. The molecule has 0 N–H and O–H groups in total. The zero-order valence-corrected chi connectivity index (χ0v) is 9.58. The van der Waals surface area contributed by atoms with Crippen LogP contribution < -0.4 is 0 Å². The number of hydrogen-bond donors (Lipinski definition) is 0. The molecule has 0 fully saturated rings. The molecule has 0 aromatic heterocycles. The quantitative estimate of drug-likeness (QED) is 0.467. The second-order valence-electron chi connectivity index (χ2n) is 3.80. The van der Waals surface area contributed by atoms with Crippen LogP contribution in [0.1, 0.15) is 27.7 Å². The van der Waals surface area contributed by atoms with Crippen molar-refractivity contribution in [2.75, 3.05) is 0 Å². The SMILES string of the molecule is CC1=CC(C)([SiH3])C(C)=C1C.[LiH]. The molecule has 0 nitrogen and oxygen atoms in total. The summed E-state index contributed by atoms with van der Waals surface area (Å²) in [6.07, 6.45) is 2.41. The molecule has 0 heterocycles. The van der Waals surface area contributed by atoms with Crippen LogP contribution in [0, 0.1) is 0 Å². The molecule has 1 unspecified atom stereocenters. The molecule has 0 spiro atoms. The molecule has 1 atom stereocenters. The third-order valence-electron chi connectivity index (χ3n) is 2.70. The van der Waals surface area contributed by atoms with Gasteiger partial charge < -0.3 is 0 Å². The van der Waals surface area contributed by atoms with Crippen molar-refractivity contribution >= 4 is 29.1 Å². The van der Waals surface area contributed by atoms with Crippen molar-refractivity contribution in [3.63, 3.8) is 0 Å². The zero-order chi connectivity index (χ0) is 7.94. The predicted molar refractivity (Wildman–Crippen MR) is 57.6 cm³/mol. The van der Waals surface area contributed by atoms with E-state index in [1.54, 1.807) is 5.57 Å². The van der Waals surface area contributed by atoms with Gasteiger partial charge in [0.25, 0.3) is 0 Å². The van der Waals surface area contributed by atoms with Gasteiger partial charge in [-0.05, 0) is 31.4 Å². The Hall–Kier alpha value is 0.294. The number of hydrogen-bond acceptors (Lipinski definition) is 0. The molecule has 58 valence electrons. The molecule has 0 aromatic carbocycles. The van der Waals surface area contributed by atoms with E-state index in [0.717, 1.165) is 0 Å². The van der Waals surface area contributed by atoms with E-state index in [1.807, 2.05) is 0 Å². The van der Waals surface area contributed by atoms with Crippen LogP contribution in [-0.2, 0) is 0 Å². The molecule has 0 saturated heterocycles. The van der Waals surface area contributed by atoms with Crippen LogP contribution in [0.4, 0.5) is 0 Å². The minimum absolute atomic E-state index is 0. The summed E-state index contributed by atoms with van der Waals surface area (Å²) >= 11 is 0. The average Bonchev–Trinajstić information content (AvgIpc) is 1.95. The summed E-state index contributed by atoms with van der Waals surface area (Å²) in [5, 5.41) is 0.453. The maximum atomic E-state index is 2.41. The first kappa shape index (κ1) is 11.3. The summed E-state index contributed by atoms with van der Waals surface area (Å²) in [7, 11) is 1.24. The molecule has 0 amide bonds. The van der Waals surface area contributed by atoms with E-state index >= 15 is 0 Å². The van der Waals surface area contributed by atoms with Crippen molar-refractivity contribution in [2.45, 2.75) is 32.7 Å². The van der Waals surface area contributed by atoms with E-state index in [1.165, 1.54) is 21.4 Å². The van der Waals surface area contributed by atoms with Crippen LogP contribution >= 0.6 is 0 Å². The molecule has 0 radical (unpaired) electrons. The summed E-state index contributed by atoms with van der Waals surface area (Å²) in [6, 6.07) is 0. The van der Waals surface area contributed by atoms with Crippen molar-refractivity contribution in [1.29, 1.82) is 0 Å². The van der Waals surface area contributed by atoms with Gasteiger partial charge in [-0.25, -0.2) is 0 Å². The summed E-state index contributed by atoms with van der Waals surface area (Å²) in [4.78, 5) is 0. The van der Waals surface area contributed by atoms with Crippen molar-refractivity contribution in [3.05, 3.63) is 22.8 Å². The van der Waals surface area contributed by atoms with E-state index in [0.29, 0.717) is 5.04 Å². The Morgan fingerprint density at radius 2 is 1.73 bits per heavy atom. The Morgan fingerprint density at radius 1 is 1.27 bits per heavy atom. The van der Waals surface area contributed by atoms with Crippen LogP contribution in [0.15, 0.2) is 22.8 Å². The second kappa shape index (κ2) is 3.35. The van der Waals surface area contributed by atoms with Gasteiger partial charge in [0.15, 0.2) is 0 Å². The maximum absolute atomic E-state index is 2.41. The van der Waals surface area contributed by atoms with Crippen LogP contribution in [0.5, 0.6) is 0 Å². The van der Waals surface area contributed by atoms with E-state index in [-0.39, 0.29) is 18.9 Å². The molecule has 2 heteroatoms. The van der Waals surface area contributed by atoms with Gasteiger partial charge in [-0.15, -0.1) is 0 Å². The van der Waals surface area contributed by atoms with E-state index in [2.05, 4.69) is 33.8 Å². The first-order valence-electron chi connectivity index (χ1n) is 3.83.